The first-order chi connectivity index (χ1) is 3.97. The maximum Gasteiger partial charge on any atom is 0.298 e. The van der Waals surface area contributed by atoms with E-state index in [9.17, 15) is 0 Å². The second-order valence-corrected chi connectivity index (χ2v) is 2.14. The molecule has 0 spiro atoms. The van der Waals surface area contributed by atoms with Gasteiger partial charge >= 0.3 is 0 Å². The number of aliphatic imine (C=N–C) groups is 1. The van der Waals surface area contributed by atoms with Crippen molar-refractivity contribution in [3.8, 4) is 0 Å². The Morgan fingerprint density at radius 2 is 2.62 bits per heavy atom. The molecule has 2 heteroatoms. The van der Waals surface area contributed by atoms with Gasteiger partial charge in [-0.25, -0.2) is 4.90 Å². The van der Waals surface area contributed by atoms with Crippen molar-refractivity contribution < 1.29 is 0 Å². The topological polar surface area (TPSA) is 17.3 Å². The van der Waals surface area contributed by atoms with Crippen LogP contribution in [0.25, 0.3) is 0 Å². The monoisotopic (exact) mass is 108 g/mol. The van der Waals surface area contributed by atoms with Gasteiger partial charge in [-0.2, -0.15) is 0 Å². The highest BCUT2D eigenvalue weighted by Crippen LogP contribution is 2.12. The summed E-state index contributed by atoms with van der Waals surface area (Å²) in [6.45, 7) is 1.18. The van der Waals surface area contributed by atoms with Crippen molar-refractivity contribution in [2.75, 3.05) is 6.54 Å². The summed E-state index contributed by atoms with van der Waals surface area (Å²) in [5.41, 5.74) is 0. The van der Waals surface area contributed by atoms with E-state index in [0.29, 0.717) is 0 Å². The fourth-order valence-electron chi connectivity index (χ4n) is 1.18. The molecule has 0 saturated carbocycles. The summed E-state index contributed by atoms with van der Waals surface area (Å²) in [5, 5.41) is 0. The first-order valence-corrected chi connectivity index (χ1v) is 2.97. The van der Waals surface area contributed by atoms with Gasteiger partial charge in [0.25, 0.3) is 5.84 Å². The number of nitrogens with zero attached hydrogens (tertiary/aromatic N) is 2. The normalized spacial score (nSPS) is 24.0. The first-order valence-electron chi connectivity index (χ1n) is 2.97. The molecule has 0 aliphatic carbocycles. The van der Waals surface area contributed by atoms with E-state index in [1.807, 2.05) is 12.4 Å². The fourth-order valence-corrected chi connectivity index (χ4v) is 1.18. The molecule has 0 unspecified atom stereocenters. The lowest BCUT2D eigenvalue weighted by molar-refractivity contribution is 0.612. The molecule has 2 nitrogen and oxygen atoms in total. The summed E-state index contributed by atoms with van der Waals surface area (Å²) in [6.07, 6.45) is 6.37. The van der Waals surface area contributed by atoms with Gasteiger partial charge in [-0.05, 0) is 6.42 Å². The molecule has 0 atom stereocenters. The Bertz CT molecular complexity index is 158. The maximum absolute atomic E-state index is 4.16. The third-order valence-electron chi connectivity index (χ3n) is 1.60. The molecule has 1 saturated heterocycles. The van der Waals surface area contributed by atoms with Crippen LogP contribution in [0.2, 0.25) is 0 Å². The second kappa shape index (κ2) is 1.34. The Labute approximate surface area is 48.5 Å². The number of amidine groups is 1. The van der Waals surface area contributed by atoms with Crippen molar-refractivity contribution in [1.82, 2.24) is 9.89 Å². The zero-order valence-electron chi connectivity index (χ0n) is 4.67. The molecule has 1 radical (unpaired) electrons. The van der Waals surface area contributed by atoms with Crippen molar-refractivity contribution in [3.63, 3.8) is 0 Å². The summed E-state index contributed by atoms with van der Waals surface area (Å²) in [5.74, 6) is 1.25. The minimum absolute atomic E-state index is 1.17. The standard InChI is InChI=1S/C6H8N2/c1-2-6-7-3-5-8(6)4-1/h3,5H,1-2,4H2/q+1. The van der Waals surface area contributed by atoms with E-state index in [1.165, 1.54) is 25.2 Å². The quantitative estimate of drug-likeness (QED) is 0.436. The average molecular weight is 108 g/mol. The summed E-state index contributed by atoms with van der Waals surface area (Å²) >= 11 is 0. The van der Waals surface area contributed by atoms with Gasteiger partial charge in [-0.15, -0.1) is 0 Å². The van der Waals surface area contributed by atoms with Crippen LogP contribution in [0.4, 0.5) is 0 Å². The van der Waals surface area contributed by atoms with Crippen LogP contribution >= 0.6 is 0 Å². The molecule has 2 rings (SSSR count). The lowest BCUT2D eigenvalue weighted by Gasteiger charge is -1.93. The van der Waals surface area contributed by atoms with E-state index in [0.717, 1.165) is 0 Å². The Hall–Kier alpha value is -0.790. The van der Waals surface area contributed by atoms with E-state index in [-0.39, 0.29) is 0 Å². The largest absolute Gasteiger partial charge is 0.298 e. The zero-order chi connectivity index (χ0) is 5.40. The highest BCUT2D eigenvalue weighted by molar-refractivity contribution is 5.85. The van der Waals surface area contributed by atoms with Crippen molar-refractivity contribution in [2.24, 2.45) is 0 Å². The summed E-state index contributed by atoms with van der Waals surface area (Å²) < 4.78 is 0. The SMILES string of the molecule is C1=CN2CCCC2=[N+]1. The van der Waals surface area contributed by atoms with Crippen LogP contribution in [0.5, 0.6) is 0 Å². The molecule has 2 heterocycles. The number of hydrogen-bond donors (Lipinski definition) is 0. The number of rotatable bonds is 0. The fraction of sp³-hybridized carbons (Fsp3) is 0.500. The van der Waals surface area contributed by atoms with Gasteiger partial charge in [0.05, 0.1) is 13.0 Å². The van der Waals surface area contributed by atoms with E-state index >= 15 is 0 Å². The molecule has 0 aromatic heterocycles. The van der Waals surface area contributed by atoms with E-state index in [2.05, 4.69) is 9.89 Å². The summed E-state index contributed by atoms with van der Waals surface area (Å²) in [7, 11) is 0. The molecule has 0 aromatic carbocycles. The molecule has 8 heavy (non-hydrogen) atoms. The Morgan fingerprint density at radius 3 is 3.50 bits per heavy atom. The molecule has 0 amide bonds. The Morgan fingerprint density at radius 1 is 1.62 bits per heavy atom. The maximum atomic E-state index is 4.16. The van der Waals surface area contributed by atoms with Gasteiger partial charge in [0.2, 0.25) is 0 Å². The predicted molar refractivity (Wildman–Crippen MR) is 32.2 cm³/mol. The number of hydrogen-bond acceptors (Lipinski definition) is 2. The Balaban J connectivity index is 2.29. The van der Waals surface area contributed by atoms with E-state index in [4.69, 9.17) is 0 Å². The highest BCUT2D eigenvalue weighted by atomic mass is 15.2. The minimum Gasteiger partial charge on any atom is -0.231 e. The molecule has 0 aromatic rings. The van der Waals surface area contributed by atoms with Gasteiger partial charge in [0.1, 0.15) is 6.20 Å². The Kier molecular flexibility index (Phi) is 0.692. The van der Waals surface area contributed by atoms with Crippen LogP contribution in [0.1, 0.15) is 12.8 Å². The van der Waals surface area contributed by atoms with Crippen molar-refractivity contribution >= 4 is 5.84 Å². The van der Waals surface area contributed by atoms with Gasteiger partial charge in [-0.3, -0.25) is 0 Å². The number of fused-ring (bicyclic) bond motifs is 1. The molecule has 0 bridgehead atoms. The summed E-state index contributed by atoms with van der Waals surface area (Å²) in [6, 6.07) is 0. The molecular formula is C6H8N2+. The lowest BCUT2D eigenvalue weighted by atomic mass is 10.4. The van der Waals surface area contributed by atoms with Gasteiger partial charge in [0.15, 0.2) is 6.20 Å². The minimum atomic E-state index is 1.17. The third kappa shape index (κ3) is 0.399. The van der Waals surface area contributed by atoms with Gasteiger partial charge in [-0.1, -0.05) is 4.99 Å². The average Bonchev–Trinajstić information content (AvgIpc) is 2.15. The van der Waals surface area contributed by atoms with Crippen molar-refractivity contribution in [3.05, 3.63) is 12.4 Å². The second-order valence-electron chi connectivity index (χ2n) is 2.14. The lowest BCUT2D eigenvalue weighted by Crippen LogP contribution is -2.15. The van der Waals surface area contributed by atoms with Crippen LogP contribution in [0, 0.1) is 0 Å². The zero-order valence-corrected chi connectivity index (χ0v) is 4.67. The smallest absolute Gasteiger partial charge is 0.231 e. The van der Waals surface area contributed by atoms with Crippen molar-refractivity contribution in [2.45, 2.75) is 12.8 Å². The highest BCUT2D eigenvalue weighted by Gasteiger charge is 2.28. The molecular weight excluding hydrogens is 100 g/mol. The van der Waals surface area contributed by atoms with E-state index < -0.39 is 0 Å². The van der Waals surface area contributed by atoms with Crippen LogP contribution in [-0.4, -0.2) is 17.3 Å². The van der Waals surface area contributed by atoms with Crippen LogP contribution in [0.3, 0.4) is 0 Å². The van der Waals surface area contributed by atoms with Crippen LogP contribution < -0.4 is 4.99 Å². The van der Waals surface area contributed by atoms with Crippen molar-refractivity contribution in [1.29, 1.82) is 0 Å². The predicted octanol–water partition coefficient (Wildman–Crippen LogP) is 0.301. The molecule has 0 N–H and O–H groups in total. The summed E-state index contributed by atoms with van der Waals surface area (Å²) in [4.78, 5) is 6.37. The van der Waals surface area contributed by atoms with E-state index in [1.54, 1.807) is 0 Å². The molecule has 41 valence electrons. The van der Waals surface area contributed by atoms with Crippen LogP contribution in [0.15, 0.2) is 12.4 Å². The van der Waals surface area contributed by atoms with Gasteiger partial charge in [0, 0.05) is 0 Å². The molecule has 2 aliphatic rings. The first kappa shape index (κ1) is 4.13. The van der Waals surface area contributed by atoms with Gasteiger partial charge < -0.3 is 0 Å². The molecule has 1 fully saturated rings. The molecule has 2 aliphatic heterocycles. The van der Waals surface area contributed by atoms with Crippen LogP contribution in [-0.2, 0) is 0 Å². The third-order valence-corrected chi connectivity index (χ3v) is 1.60.